The fourth-order valence-corrected chi connectivity index (χ4v) is 4.95. The van der Waals surface area contributed by atoms with Gasteiger partial charge < -0.3 is 18.9 Å². The Balaban J connectivity index is 1.28. The van der Waals surface area contributed by atoms with Crippen LogP contribution in [0.2, 0.25) is 0 Å². The number of fused-ring (bicyclic) bond motifs is 1. The van der Waals surface area contributed by atoms with Gasteiger partial charge in [-0.15, -0.1) is 0 Å². The van der Waals surface area contributed by atoms with Crippen LogP contribution in [0.5, 0.6) is 5.75 Å². The molecular weight excluding hydrogens is 486 g/mol. The molecule has 1 fully saturated rings. The number of aromatic nitrogens is 3. The molecule has 1 N–H and O–H groups in total. The molecule has 1 saturated heterocycles. The number of rotatable bonds is 11. The smallest absolute Gasteiger partial charge is 0.128 e. The van der Waals surface area contributed by atoms with E-state index in [1.807, 2.05) is 6.08 Å². The highest BCUT2D eigenvalue weighted by molar-refractivity contribution is 5.84. The van der Waals surface area contributed by atoms with Gasteiger partial charge in [-0.25, -0.2) is 0 Å². The van der Waals surface area contributed by atoms with E-state index in [9.17, 15) is 0 Å². The minimum Gasteiger partial charge on any atom is -0.492 e. The molecule has 0 atom stereocenters. The Morgan fingerprint density at radius 3 is 2.64 bits per heavy atom. The van der Waals surface area contributed by atoms with Crippen LogP contribution in [0.25, 0.3) is 35.2 Å². The van der Waals surface area contributed by atoms with Crippen LogP contribution in [0, 0.1) is 0 Å². The average molecular weight is 526 g/mol. The van der Waals surface area contributed by atoms with Gasteiger partial charge in [0.15, 0.2) is 0 Å². The number of hydrogen-bond donors (Lipinski definition) is 1. The second kappa shape index (κ2) is 12.8. The first-order valence-electron chi connectivity index (χ1n) is 13.9. The van der Waals surface area contributed by atoms with E-state index in [1.54, 1.807) is 0 Å². The molecule has 4 aromatic rings. The van der Waals surface area contributed by atoms with Crippen molar-refractivity contribution in [3.63, 3.8) is 0 Å². The molecule has 7 heteroatoms. The molecule has 3 heterocycles. The third-order valence-corrected chi connectivity index (χ3v) is 7.31. The first-order valence-corrected chi connectivity index (χ1v) is 13.9. The number of aromatic amines is 1. The number of aryl methyl sites for hydroxylation is 1. The van der Waals surface area contributed by atoms with Crippen LogP contribution < -0.4 is 9.64 Å². The zero-order valence-electron chi connectivity index (χ0n) is 23.3. The highest BCUT2D eigenvalue weighted by Crippen LogP contribution is 2.28. The van der Waals surface area contributed by atoms with E-state index in [2.05, 4.69) is 118 Å². The predicted molar refractivity (Wildman–Crippen MR) is 162 cm³/mol. The highest BCUT2D eigenvalue weighted by atomic mass is 16.5. The summed E-state index contributed by atoms with van der Waals surface area (Å²) in [5.74, 6) is 0.899. The van der Waals surface area contributed by atoms with E-state index in [0.29, 0.717) is 6.61 Å². The summed E-state index contributed by atoms with van der Waals surface area (Å²) in [5.41, 5.74) is 6.44. The molecule has 0 amide bonds. The number of anilines is 1. The van der Waals surface area contributed by atoms with Crippen molar-refractivity contribution >= 4 is 40.9 Å². The Labute approximate surface area is 231 Å². The first kappa shape index (κ1) is 26.8. The lowest BCUT2D eigenvalue weighted by Gasteiger charge is -2.27. The molecule has 0 radical (unpaired) electrons. The molecule has 2 aromatic carbocycles. The summed E-state index contributed by atoms with van der Waals surface area (Å²) >= 11 is 0. The monoisotopic (exact) mass is 525 g/mol. The maximum Gasteiger partial charge on any atom is 0.128 e. The van der Waals surface area contributed by atoms with Crippen LogP contribution in [0.3, 0.4) is 0 Å². The number of H-pyrrole nitrogens is 1. The minimum absolute atomic E-state index is 0.647. The number of benzene rings is 2. The van der Waals surface area contributed by atoms with E-state index in [4.69, 9.17) is 9.47 Å². The number of morpholine rings is 1. The first-order chi connectivity index (χ1) is 19.1. The van der Waals surface area contributed by atoms with Crippen LogP contribution in [0.4, 0.5) is 5.69 Å². The average Bonchev–Trinajstić information content (AvgIpc) is 3.58. The molecule has 5 rings (SSSR count). The van der Waals surface area contributed by atoms with Crippen LogP contribution in [0.15, 0.2) is 54.7 Å². The summed E-state index contributed by atoms with van der Waals surface area (Å²) in [5, 5.41) is 8.87. The summed E-state index contributed by atoms with van der Waals surface area (Å²) in [6.45, 7) is 11.4. The molecular formula is C32H39N5O2. The molecule has 204 valence electrons. The minimum atomic E-state index is 0.647. The Morgan fingerprint density at radius 2 is 1.82 bits per heavy atom. The van der Waals surface area contributed by atoms with E-state index in [1.165, 1.54) is 16.6 Å². The van der Waals surface area contributed by atoms with Gasteiger partial charge in [0, 0.05) is 68.8 Å². The predicted octanol–water partition coefficient (Wildman–Crippen LogP) is 5.80. The molecule has 1 aliphatic rings. The van der Waals surface area contributed by atoms with Gasteiger partial charge in [0.1, 0.15) is 12.4 Å². The standard InChI is InChI=1S/C32H39N5O2/c1-4-37(5-2)30-13-10-27(32(24-30)39-21-18-36-16-19-38-20-17-36)9-12-29-23-28(33-34-29)11-7-25-6-8-26-14-15-35(3)31(26)22-25/h6-15,22-24H,4-5,16-21H2,1-3H3,(H,33,34). The summed E-state index contributed by atoms with van der Waals surface area (Å²) in [7, 11) is 2.07. The van der Waals surface area contributed by atoms with Gasteiger partial charge in [0.2, 0.25) is 0 Å². The molecule has 1 aliphatic heterocycles. The van der Waals surface area contributed by atoms with Crippen LogP contribution in [-0.4, -0.2) is 72.2 Å². The Hall–Kier alpha value is -3.81. The Morgan fingerprint density at radius 1 is 0.974 bits per heavy atom. The van der Waals surface area contributed by atoms with Gasteiger partial charge in [-0.05, 0) is 73.4 Å². The molecule has 39 heavy (non-hydrogen) atoms. The van der Waals surface area contributed by atoms with Crippen molar-refractivity contribution in [1.29, 1.82) is 0 Å². The molecule has 0 bridgehead atoms. The van der Waals surface area contributed by atoms with Crippen molar-refractivity contribution in [2.75, 3.05) is 57.4 Å². The fourth-order valence-electron chi connectivity index (χ4n) is 4.95. The summed E-state index contributed by atoms with van der Waals surface area (Å²) < 4.78 is 13.9. The van der Waals surface area contributed by atoms with Gasteiger partial charge in [0.05, 0.1) is 24.6 Å². The summed E-state index contributed by atoms with van der Waals surface area (Å²) in [6, 6.07) is 17.1. The molecule has 2 aromatic heterocycles. The van der Waals surface area contributed by atoms with Crippen molar-refractivity contribution < 1.29 is 9.47 Å². The van der Waals surface area contributed by atoms with Crippen molar-refractivity contribution in [2.45, 2.75) is 13.8 Å². The molecule has 0 spiro atoms. The van der Waals surface area contributed by atoms with E-state index >= 15 is 0 Å². The van der Waals surface area contributed by atoms with Gasteiger partial charge in [0.25, 0.3) is 0 Å². The SMILES string of the molecule is CCN(CC)c1ccc(C=Cc2cc(C=Cc3ccc4ccn(C)c4c3)[nH]n2)c(OCCN2CCOCC2)c1. The van der Waals surface area contributed by atoms with Gasteiger partial charge in [-0.2, -0.15) is 5.10 Å². The highest BCUT2D eigenvalue weighted by Gasteiger charge is 2.12. The van der Waals surface area contributed by atoms with Crippen LogP contribution >= 0.6 is 0 Å². The fraction of sp³-hybridized carbons (Fsp3) is 0.344. The van der Waals surface area contributed by atoms with Gasteiger partial charge >= 0.3 is 0 Å². The molecule has 0 saturated carbocycles. The maximum absolute atomic E-state index is 6.33. The lowest BCUT2D eigenvalue weighted by Crippen LogP contribution is -2.38. The third-order valence-electron chi connectivity index (χ3n) is 7.31. The maximum atomic E-state index is 6.33. The van der Waals surface area contributed by atoms with E-state index in [0.717, 1.165) is 74.2 Å². The zero-order chi connectivity index (χ0) is 27.0. The molecule has 0 unspecified atom stereocenters. The lowest BCUT2D eigenvalue weighted by molar-refractivity contribution is 0.0322. The number of hydrogen-bond acceptors (Lipinski definition) is 5. The second-order valence-electron chi connectivity index (χ2n) is 9.86. The summed E-state index contributed by atoms with van der Waals surface area (Å²) in [4.78, 5) is 4.73. The van der Waals surface area contributed by atoms with Crippen molar-refractivity contribution in [3.05, 3.63) is 77.2 Å². The second-order valence-corrected chi connectivity index (χ2v) is 9.86. The summed E-state index contributed by atoms with van der Waals surface area (Å²) in [6.07, 6.45) is 10.4. The van der Waals surface area contributed by atoms with Crippen molar-refractivity contribution in [3.8, 4) is 5.75 Å². The Kier molecular flexibility index (Phi) is 8.81. The quantitative estimate of drug-likeness (QED) is 0.268. The number of nitrogens with one attached hydrogen (secondary N) is 1. The molecule has 7 nitrogen and oxygen atoms in total. The molecule has 0 aliphatic carbocycles. The van der Waals surface area contributed by atoms with Crippen molar-refractivity contribution in [2.24, 2.45) is 7.05 Å². The third kappa shape index (κ3) is 6.80. The van der Waals surface area contributed by atoms with E-state index in [-0.39, 0.29) is 0 Å². The Bertz CT molecular complexity index is 1420. The zero-order valence-corrected chi connectivity index (χ0v) is 23.3. The van der Waals surface area contributed by atoms with E-state index < -0.39 is 0 Å². The number of nitrogens with zero attached hydrogens (tertiary/aromatic N) is 4. The van der Waals surface area contributed by atoms with Crippen molar-refractivity contribution in [1.82, 2.24) is 19.7 Å². The van der Waals surface area contributed by atoms with Crippen LogP contribution in [-0.2, 0) is 11.8 Å². The topological polar surface area (TPSA) is 58.5 Å². The normalized spacial score (nSPS) is 14.6. The van der Waals surface area contributed by atoms with Gasteiger partial charge in [-0.3, -0.25) is 10.00 Å². The van der Waals surface area contributed by atoms with Crippen LogP contribution in [0.1, 0.15) is 36.4 Å². The lowest BCUT2D eigenvalue weighted by atomic mass is 10.1. The number of ether oxygens (including phenoxy) is 2. The van der Waals surface area contributed by atoms with Gasteiger partial charge in [-0.1, -0.05) is 18.2 Å². The largest absolute Gasteiger partial charge is 0.492 e.